The van der Waals surface area contributed by atoms with Crippen LogP contribution in [0.2, 0.25) is 0 Å². The van der Waals surface area contributed by atoms with Crippen LogP contribution in [0.15, 0.2) is 18.2 Å². The number of halogens is 1. The zero-order valence-corrected chi connectivity index (χ0v) is 17.4. The van der Waals surface area contributed by atoms with Crippen LogP contribution in [-0.2, 0) is 20.7 Å². The summed E-state index contributed by atoms with van der Waals surface area (Å²) in [4.78, 5) is 12.3. The molecule has 0 N–H and O–H groups in total. The average Bonchev–Trinajstić information content (AvgIpc) is 2.70. The Morgan fingerprint density at radius 3 is 2.39 bits per heavy atom. The van der Waals surface area contributed by atoms with E-state index < -0.39 is 17.7 Å². The highest BCUT2D eigenvalue weighted by Gasteiger charge is 2.29. The molecule has 1 aliphatic rings. The van der Waals surface area contributed by atoms with Gasteiger partial charge < -0.3 is 14.2 Å². The molecule has 1 aromatic rings. The van der Waals surface area contributed by atoms with E-state index in [1.165, 1.54) is 25.3 Å². The molecule has 0 saturated carbocycles. The molecule has 158 valence electrons. The number of unbranched alkanes of at least 4 members (excludes halogenated alkanes) is 6. The Morgan fingerprint density at radius 1 is 1.04 bits per heavy atom. The topological polar surface area (TPSA) is 44.8 Å². The summed E-state index contributed by atoms with van der Waals surface area (Å²) in [5.41, 5.74) is 0.938. The van der Waals surface area contributed by atoms with E-state index >= 15 is 0 Å². The van der Waals surface area contributed by atoms with Crippen LogP contribution in [0.3, 0.4) is 0 Å². The summed E-state index contributed by atoms with van der Waals surface area (Å²) in [6.45, 7) is 4.85. The van der Waals surface area contributed by atoms with Crippen molar-refractivity contribution in [2.45, 2.75) is 84.3 Å². The highest BCUT2D eigenvalue weighted by molar-refractivity contribution is 5.75. The third-order valence-corrected chi connectivity index (χ3v) is 5.12. The van der Waals surface area contributed by atoms with E-state index in [-0.39, 0.29) is 25.3 Å². The quantitative estimate of drug-likeness (QED) is 0.255. The molecule has 0 unspecified atom stereocenters. The first-order valence-corrected chi connectivity index (χ1v) is 10.9. The molecule has 0 bridgehead atoms. The fourth-order valence-electron chi connectivity index (χ4n) is 3.31. The molecule has 0 atom stereocenters. The first-order chi connectivity index (χ1) is 13.6. The van der Waals surface area contributed by atoms with Gasteiger partial charge in [-0.3, -0.25) is 4.79 Å². The second kappa shape index (κ2) is 12.9. The van der Waals surface area contributed by atoms with E-state index in [1.54, 1.807) is 6.07 Å². The summed E-state index contributed by atoms with van der Waals surface area (Å²) in [7, 11) is 0. The van der Waals surface area contributed by atoms with Crippen molar-refractivity contribution < 1.29 is 23.4 Å². The van der Waals surface area contributed by atoms with Crippen LogP contribution in [0.25, 0.3) is 0 Å². The number of carbonyl (C=O) groups excluding carboxylic acids is 1. The van der Waals surface area contributed by atoms with Gasteiger partial charge in [-0.2, -0.15) is 0 Å². The standard InChI is InChI=1S/C23H35FO4/c1-3-5-7-8-10-11-18-13-14-21(20(24)15-18)28-23(25)19-16-26-22(27-17-19)12-9-6-4-2/h13-15,19,22H,3-12,16-17H2,1-2H3. The van der Waals surface area contributed by atoms with Crippen LogP contribution in [-0.4, -0.2) is 25.5 Å². The van der Waals surface area contributed by atoms with Gasteiger partial charge in [0, 0.05) is 0 Å². The Bertz CT molecular complexity index is 582. The van der Waals surface area contributed by atoms with Gasteiger partial charge in [0.05, 0.1) is 13.2 Å². The zero-order valence-electron chi connectivity index (χ0n) is 17.4. The summed E-state index contributed by atoms with van der Waals surface area (Å²) in [6, 6.07) is 4.86. The normalized spacial score (nSPS) is 19.5. The number of ether oxygens (including phenoxy) is 3. The van der Waals surface area contributed by atoms with Gasteiger partial charge in [0.15, 0.2) is 17.9 Å². The number of aryl methyl sites for hydroxylation is 1. The molecular weight excluding hydrogens is 359 g/mol. The van der Waals surface area contributed by atoms with Crippen molar-refractivity contribution >= 4 is 5.97 Å². The number of benzene rings is 1. The molecule has 28 heavy (non-hydrogen) atoms. The van der Waals surface area contributed by atoms with Crippen LogP contribution in [0.5, 0.6) is 5.75 Å². The van der Waals surface area contributed by atoms with Crippen molar-refractivity contribution in [2.24, 2.45) is 5.92 Å². The van der Waals surface area contributed by atoms with Gasteiger partial charge in [-0.25, -0.2) is 4.39 Å². The van der Waals surface area contributed by atoms with Crippen LogP contribution in [0.4, 0.5) is 4.39 Å². The van der Waals surface area contributed by atoms with Crippen LogP contribution < -0.4 is 4.74 Å². The molecule has 5 heteroatoms. The van der Waals surface area contributed by atoms with E-state index in [2.05, 4.69) is 13.8 Å². The van der Waals surface area contributed by atoms with Gasteiger partial charge in [0.25, 0.3) is 0 Å². The lowest BCUT2D eigenvalue weighted by molar-refractivity contribution is -0.208. The van der Waals surface area contributed by atoms with Crippen molar-refractivity contribution in [1.29, 1.82) is 0 Å². The predicted molar refractivity (Wildman–Crippen MR) is 108 cm³/mol. The highest BCUT2D eigenvalue weighted by atomic mass is 19.1. The maximum atomic E-state index is 14.3. The Hall–Kier alpha value is -1.46. The third kappa shape index (κ3) is 7.88. The number of carbonyl (C=O) groups is 1. The molecule has 1 saturated heterocycles. The van der Waals surface area contributed by atoms with Crippen molar-refractivity contribution in [3.63, 3.8) is 0 Å². The fourth-order valence-corrected chi connectivity index (χ4v) is 3.31. The van der Waals surface area contributed by atoms with Crippen LogP contribution >= 0.6 is 0 Å². The minimum absolute atomic E-state index is 0.0233. The summed E-state index contributed by atoms with van der Waals surface area (Å²) in [5, 5.41) is 0. The van der Waals surface area contributed by atoms with Crippen molar-refractivity contribution in [1.82, 2.24) is 0 Å². The van der Waals surface area contributed by atoms with Gasteiger partial charge in [0.1, 0.15) is 5.92 Å². The van der Waals surface area contributed by atoms with Gasteiger partial charge in [-0.1, -0.05) is 58.4 Å². The Labute approximate surface area is 168 Å². The van der Waals surface area contributed by atoms with Crippen molar-refractivity contribution in [3.05, 3.63) is 29.6 Å². The highest BCUT2D eigenvalue weighted by Crippen LogP contribution is 2.23. The van der Waals surface area contributed by atoms with Gasteiger partial charge in [-0.05, 0) is 43.4 Å². The smallest absolute Gasteiger partial charge is 0.319 e. The lowest BCUT2D eigenvalue weighted by Gasteiger charge is -2.28. The van der Waals surface area contributed by atoms with Crippen molar-refractivity contribution in [2.75, 3.05) is 13.2 Å². The maximum Gasteiger partial charge on any atom is 0.319 e. The van der Waals surface area contributed by atoms with Gasteiger partial charge in [0.2, 0.25) is 0 Å². The molecule has 1 aliphatic heterocycles. The fraction of sp³-hybridized carbons (Fsp3) is 0.696. The summed E-state index contributed by atoms with van der Waals surface area (Å²) in [6.07, 6.45) is 10.7. The minimum Gasteiger partial charge on any atom is -0.423 e. The van der Waals surface area contributed by atoms with Gasteiger partial charge in [-0.15, -0.1) is 0 Å². The first-order valence-electron chi connectivity index (χ1n) is 10.9. The zero-order chi connectivity index (χ0) is 20.2. The molecule has 0 aromatic heterocycles. The number of hydrogen-bond acceptors (Lipinski definition) is 4. The maximum absolute atomic E-state index is 14.3. The van der Waals surface area contributed by atoms with E-state index in [4.69, 9.17) is 14.2 Å². The molecule has 0 aliphatic carbocycles. The molecule has 0 amide bonds. The molecule has 0 spiro atoms. The number of hydrogen-bond donors (Lipinski definition) is 0. The Kier molecular flexibility index (Phi) is 10.5. The van der Waals surface area contributed by atoms with E-state index in [9.17, 15) is 9.18 Å². The third-order valence-electron chi connectivity index (χ3n) is 5.12. The molecule has 0 radical (unpaired) electrons. The number of rotatable bonds is 12. The number of esters is 1. The van der Waals surface area contributed by atoms with Crippen LogP contribution in [0, 0.1) is 11.7 Å². The van der Waals surface area contributed by atoms with Gasteiger partial charge >= 0.3 is 5.97 Å². The second-order valence-electron chi connectivity index (χ2n) is 7.64. The summed E-state index contributed by atoms with van der Waals surface area (Å²) >= 11 is 0. The van der Waals surface area contributed by atoms with E-state index in [0.29, 0.717) is 0 Å². The Balaban J connectivity index is 1.74. The summed E-state index contributed by atoms with van der Waals surface area (Å²) < 4.78 is 30.8. The monoisotopic (exact) mass is 394 g/mol. The molecule has 1 fully saturated rings. The van der Waals surface area contributed by atoms with Crippen molar-refractivity contribution in [3.8, 4) is 5.75 Å². The van der Waals surface area contributed by atoms with E-state index in [1.807, 2.05) is 6.07 Å². The molecular formula is C23H35FO4. The largest absolute Gasteiger partial charge is 0.423 e. The first kappa shape index (κ1) is 22.8. The molecule has 1 aromatic carbocycles. The molecule has 4 nitrogen and oxygen atoms in total. The lowest BCUT2D eigenvalue weighted by atomic mass is 10.1. The minimum atomic E-state index is -0.514. The summed E-state index contributed by atoms with van der Waals surface area (Å²) in [5.74, 6) is -1.53. The van der Waals surface area contributed by atoms with E-state index in [0.717, 1.165) is 50.5 Å². The predicted octanol–water partition coefficient (Wildman–Crippen LogP) is 5.81. The molecule has 2 rings (SSSR count). The lowest BCUT2D eigenvalue weighted by Crippen LogP contribution is -2.38. The Morgan fingerprint density at radius 2 is 1.71 bits per heavy atom. The SMILES string of the molecule is CCCCCCCc1ccc(OC(=O)C2COC(CCCCC)OC2)c(F)c1. The van der Waals surface area contributed by atoms with Crippen LogP contribution in [0.1, 0.15) is 77.2 Å². The average molecular weight is 395 g/mol. The molecule has 1 heterocycles. The second-order valence-corrected chi connectivity index (χ2v) is 7.64.